The standard InChI is InChI=1S/C29H30N2O5S/c1-16(2)13-14-36-22-8-6-7-21(15-22)24-23(25(33)20-11-9-17(3)10-12-20)26(34)28(35)31(24)29-30-18(4)27(37-29)19(5)32/h6-12,15-16,24,33H,13-14H2,1-5H3. The summed E-state index contributed by atoms with van der Waals surface area (Å²) in [5.41, 5.74) is 2.46. The van der Waals surface area contributed by atoms with Crippen molar-refractivity contribution in [2.45, 2.75) is 47.1 Å². The number of amides is 1. The molecule has 1 atom stereocenters. The first-order chi connectivity index (χ1) is 17.6. The van der Waals surface area contributed by atoms with Gasteiger partial charge in [0.25, 0.3) is 5.78 Å². The molecule has 192 valence electrons. The number of carbonyl (C=O) groups is 3. The molecule has 0 saturated carbocycles. The van der Waals surface area contributed by atoms with Crippen LogP contribution in [0.25, 0.3) is 5.76 Å². The molecule has 8 heteroatoms. The summed E-state index contributed by atoms with van der Waals surface area (Å²) in [5, 5.41) is 11.5. The Hall–Kier alpha value is -3.78. The molecule has 2 aromatic carbocycles. The third kappa shape index (κ3) is 5.34. The summed E-state index contributed by atoms with van der Waals surface area (Å²) < 4.78 is 5.94. The zero-order chi connectivity index (χ0) is 26.9. The van der Waals surface area contributed by atoms with Crippen molar-refractivity contribution in [3.05, 3.63) is 81.4 Å². The van der Waals surface area contributed by atoms with Crippen molar-refractivity contribution in [2.75, 3.05) is 11.5 Å². The van der Waals surface area contributed by atoms with Gasteiger partial charge in [-0.15, -0.1) is 0 Å². The van der Waals surface area contributed by atoms with Gasteiger partial charge in [0.05, 0.1) is 28.8 Å². The van der Waals surface area contributed by atoms with E-state index in [1.165, 1.54) is 11.8 Å². The summed E-state index contributed by atoms with van der Waals surface area (Å²) in [7, 11) is 0. The van der Waals surface area contributed by atoms with Gasteiger partial charge in [0.2, 0.25) is 0 Å². The van der Waals surface area contributed by atoms with Crippen LogP contribution in [0.15, 0.2) is 54.1 Å². The van der Waals surface area contributed by atoms with Crippen LogP contribution in [-0.2, 0) is 9.59 Å². The molecule has 0 aliphatic carbocycles. The lowest BCUT2D eigenvalue weighted by Crippen LogP contribution is -2.29. The number of Topliss-reactive ketones (excluding diaryl/α,β-unsaturated/α-hetero) is 2. The zero-order valence-electron chi connectivity index (χ0n) is 21.6. The lowest BCUT2D eigenvalue weighted by molar-refractivity contribution is -0.132. The number of ketones is 2. The molecule has 1 N–H and O–H groups in total. The molecule has 1 fully saturated rings. The Balaban J connectivity index is 1.87. The molecular weight excluding hydrogens is 488 g/mol. The van der Waals surface area contributed by atoms with Crippen molar-refractivity contribution in [1.29, 1.82) is 0 Å². The molecule has 7 nitrogen and oxygen atoms in total. The van der Waals surface area contributed by atoms with Gasteiger partial charge in [-0.2, -0.15) is 0 Å². The molecule has 37 heavy (non-hydrogen) atoms. The van der Waals surface area contributed by atoms with E-state index in [1.807, 2.05) is 25.1 Å². The highest BCUT2D eigenvalue weighted by molar-refractivity contribution is 7.18. The second kappa shape index (κ2) is 10.7. The highest BCUT2D eigenvalue weighted by Crippen LogP contribution is 2.44. The summed E-state index contributed by atoms with van der Waals surface area (Å²) in [5.74, 6) is -0.987. The van der Waals surface area contributed by atoms with E-state index in [4.69, 9.17) is 4.74 Å². The van der Waals surface area contributed by atoms with E-state index in [-0.39, 0.29) is 22.2 Å². The van der Waals surface area contributed by atoms with Gasteiger partial charge in [-0.05, 0) is 43.9 Å². The van der Waals surface area contributed by atoms with E-state index >= 15 is 0 Å². The molecule has 1 amide bonds. The van der Waals surface area contributed by atoms with Crippen LogP contribution in [0.2, 0.25) is 0 Å². The first kappa shape index (κ1) is 26.3. The number of thiazole rings is 1. The van der Waals surface area contributed by atoms with Crippen LogP contribution in [0.3, 0.4) is 0 Å². The first-order valence-corrected chi connectivity index (χ1v) is 13.0. The average Bonchev–Trinajstić information content (AvgIpc) is 3.36. The maximum atomic E-state index is 13.4. The fourth-order valence-corrected chi connectivity index (χ4v) is 5.20. The van der Waals surface area contributed by atoms with Gasteiger partial charge in [0.15, 0.2) is 10.9 Å². The topological polar surface area (TPSA) is 96.8 Å². The monoisotopic (exact) mass is 518 g/mol. The van der Waals surface area contributed by atoms with Gasteiger partial charge in [-0.25, -0.2) is 4.98 Å². The molecule has 0 spiro atoms. The van der Waals surface area contributed by atoms with Crippen LogP contribution in [0.5, 0.6) is 5.75 Å². The number of hydrogen-bond acceptors (Lipinski definition) is 7. The second-order valence-corrected chi connectivity index (χ2v) is 10.6. The Morgan fingerprint density at radius 1 is 1.14 bits per heavy atom. The lowest BCUT2D eigenvalue weighted by atomic mass is 9.95. The molecule has 0 radical (unpaired) electrons. The van der Waals surface area contributed by atoms with Gasteiger partial charge in [0, 0.05) is 12.5 Å². The van der Waals surface area contributed by atoms with E-state index in [0.29, 0.717) is 40.0 Å². The molecule has 4 rings (SSSR count). The van der Waals surface area contributed by atoms with Crippen molar-refractivity contribution < 1.29 is 24.2 Å². The summed E-state index contributed by atoms with van der Waals surface area (Å²) in [6.07, 6.45) is 0.877. The van der Waals surface area contributed by atoms with Crippen LogP contribution in [0.1, 0.15) is 65.3 Å². The van der Waals surface area contributed by atoms with E-state index < -0.39 is 17.7 Å². The molecule has 3 aromatic rings. The highest BCUT2D eigenvalue weighted by atomic mass is 32.1. The smallest absolute Gasteiger partial charge is 0.301 e. The maximum absolute atomic E-state index is 13.4. The second-order valence-electron chi connectivity index (χ2n) is 9.61. The number of nitrogens with zero attached hydrogens (tertiary/aromatic N) is 2. The van der Waals surface area contributed by atoms with Crippen molar-refractivity contribution in [3.8, 4) is 5.75 Å². The van der Waals surface area contributed by atoms with Crippen LogP contribution >= 0.6 is 11.3 Å². The van der Waals surface area contributed by atoms with Crippen LogP contribution in [0.4, 0.5) is 5.13 Å². The minimum Gasteiger partial charge on any atom is -0.507 e. The number of aryl methyl sites for hydroxylation is 2. The SMILES string of the molecule is CC(=O)c1sc(N2C(=O)C(=O)C(=C(O)c3ccc(C)cc3)C2c2cccc(OCCC(C)C)c2)nc1C. The minimum atomic E-state index is -0.944. The molecular formula is C29H30N2O5S. The van der Waals surface area contributed by atoms with Crippen LogP contribution in [0, 0.1) is 19.8 Å². The Kier molecular flexibility index (Phi) is 7.59. The number of benzene rings is 2. The Morgan fingerprint density at radius 3 is 2.46 bits per heavy atom. The first-order valence-electron chi connectivity index (χ1n) is 12.2. The normalized spacial score (nSPS) is 17.0. The lowest BCUT2D eigenvalue weighted by Gasteiger charge is -2.23. The quantitative estimate of drug-likeness (QED) is 0.170. The number of rotatable bonds is 8. The third-order valence-electron chi connectivity index (χ3n) is 6.22. The summed E-state index contributed by atoms with van der Waals surface area (Å²) in [4.78, 5) is 45.0. The van der Waals surface area contributed by atoms with Crippen molar-refractivity contribution in [1.82, 2.24) is 4.98 Å². The van der Waals surface area contributed by atoms with Crippen LogP contribution in [-0.4, -0.2) is 34.2 Å². The number of carbonyl (C=O) groups excluding carboxylic acids is 3. The Bertz CT molecular complexity index is 1390. The summed E-state index contributed by atoms with van der Waals surface area (Å²) in [6.45, 7) is 9.81. The van der Waals surface area contributed by atoms with Gasteiger partial charge in [-0.1, -0.05) is 67.1 Å². The molecule has 0 bridgehead atoms. The van der Waals surface area contributed by atoms with Gasteiger partial charge in [-0.3, -0.25) is 19.3 Å². The van der Waals surface area contributed by atoms with E-state index in [0.717, 1.165) is 23.3 Å². The van der Waals surface area contributed by atoms with Crippen molar-refractivity contribution in [3.63, 3.8) is 0 Å². The van der Waals surface area contributed by atoms with Gasteiger partial charge < -0.3 is 9.84 Å². The van der Waals surface area contributed by atoms with Gasteiger partial charge in [0.1, 0.15) is 11.5 Å². The van der Waals surface area contributed by atoms with Crippen molar-refractivity contribution in [2.24, 2.45) is 5.92 Å². The predicted octanol–water partition coefficient (Wildman–Crippen LogP) is 6.01. The highest BCUT2D eigenvalue weighted by Gasteiger charge is 2.48. The van der Waals surface area contributed by atoms with Crippen molar-refractivity contribution >= 4 is 39.7 Å². The number of aliphatic hydroxyl groups excluding tert-OH is 1. The Labute approximate surface area is 220 Å². The number of ether oxygens (including phenoxy) is 1. The third-order valence-corrected chi connectivity index (χ3v) is 7.48. The van der Waals surface area contributed by atoms with E-state index in [1.54, 1.807) is 37.3 Å². The summed E-state index contributed by atoms with van der Waals surface area (Å²) in [6, 6.07) is 13.3. The number of anilines is 1. The maximum Gasteiger partial charge on any atom is 0.301 e. The number of aromatic nitrogens is 1. The fraction of sp³-hybridized carbons (Fsp3) is 0.310. The number of hydrogen-bond donors (Lipinski definition) is 1. The minimum absolute atomic E-state index is 0.0367. The number of aliphatic hydroxyl groups is 1. The predicted molar refractivity (Wildman–Crippen MR) is 144 cm³/mol. The molecule has 1 unspecified atom stereocenters. The average molecular weight is 519 g/mol. The molecule has 1 saturated heterocycles. The Morgan fingerprint density at radius 2 is 1.84 bits per heavy atom. The molecule has 1 aliphatic heterocycles. The molecule has 2 heterocycles. The van der Waals surface area contributed by atoms with Gasteiger partial charge >= 0.3 is 5.91 Å². The van der Waals surface area contributed by atoms with E-state index in [2.05, 4.69) is 18.8 Å². The van der Waals surface area contributed by atoms with Crippen LogP contribution < -0.4 is 9.64 Å². The largest absolute Gasteiger partial charge is 0.507 e. The molecule has 1 aliphatic rings. The zero-order valence-corrected chi connectivity index (χ0v) is 22.4. The molecule has 1 aromatic heterocycles. The fourth-order valence-electron chi connectivity index (χ4n) is 4.21. The van der Waals surface area contributed by atoms with E-state index in [9.17, 15) is 19.5 Å². The summed E-state index contributed by atoms with van der Waals surface area (Å²) >= 11 is 1.06.